The maximum atomic E-state index is 13.3. The Balaban J connectivity index is 1.59. The van der Waals surface area contributed by atoms with E-state index in [1.807, 2.05) is 0 Å². The van der Waals surface area contributed by atoms with Crippen LogP contribution in [0.3, 0.4) is 0 Å². The molecule has 2 heterocycles. The first-order valence-corrected chi connectivity index (χ1v) is 9.13. The number of aliphatic hydroxyl groups is 1. The standard InChI is InChI=1S/C18H18FN3O4S/c19-12-3-1-2-11(8-12)17(25)21-14-5-4-13(26-15(14)10-23)9-16(24)22-18-20-6-7-27-18/h1-8,13-15,23H,9-10H2,(H,21,25)(H,20,22,24)/t13-,14-,15-/m1/s1. The third kappa shape index (κ3) is 5.19. The van der Waals surface area contributed by atoms with Crippen molar-refractivity contribution in [2.45, 2.75) is 24.7 Å². The summed E-state index contributed by atoms with van der Waals surface area (Å²) in [5.41, 5.74) is 0.171. The monoisotopic (exact) mass is 391 g/mol. The second-order valence-corrected chi connectivity index (χ2v) is 6.77. The lowest BCUT2D eigenvalue weighted by molar-refractivity contribution is -0.120. The molecule has 142 valence electrons. The number of carbonyl (C=O) groups excluding carboxylic acids is 2. The van der Waals surface area contributed by atoms with Crippen molar-refractivity contribution in [3.8, 4) is 0 Å². The predicted octanol–water partition coefficient (Wildman–Crippen LogP) is 1.73. The second kappa shape index (κ2) is 8.85. The van der Waals surface area contributed by atoms with Crippen LogP contribution < -0.4 is 10.6 Å². The lowest BCUT2D eigenvalue weighted by Gasteiger charge is -2.31. The first-order chi connectivity index (χ1) is 13.0. The average molecular weight is 391 g/mol. The van der Waals surface area contributed by atoms with Crippen LogP contribution in [0.25, 0.3) is 0 Å². The van der Waals surface area contributed by atoms with Gasteiger partial charge in [0.15, 0.2) is 5.13 Å². The summed E-state index contributed by atoms with van der Waals surface area (Å²) in [4.78, 5) is 28.2. The first kappa shape index (κ1) is 19.2. The molecule has 27 heavy (non-hydrogen) atoms. The number of anilines is 1. The van der Waals surface area contributed by atoms with E-state index in [9.17, 15) is 19.1 Å². The number of nitrogens with one attached hydrogen (secondary N) is 2. The van der Waals surface area contributed by atoms with Crippen LogP contribution >= 0.6 is 11.3 Å². The topological polar surface area (TPSA) is 101 Å². The molecular formula is C18H18FN3O4S. The van der Waals surface area contributed by atoms with Crippen LogP contribution in [-0.4, -0.2) is 46.8 Å². The first-order valence-electron chi connectivity index (χ1n) is 8.25. The van der Waals surface area contributed by atoms with Gasteiger partial charge in [-0.1, -0.05) is 18.2 Å². The van der Waals surface area contributed by atoms with Crippen LogP contribution in [0.15, 0.2) is 48.0 Å². The summed E-state index contributed by atoms with van der Waals surface area (Å²) < 4.78 is 19.0. The molecule has 1 aliphatic heterocycles. The minimum absolute atomic E-state index is 0.0527. The molecule has 0 aliphatic carbocycles. The molecule has 3 atom stereocenters. The third-order valence-electron chi connectivity index (χ3n) is 3.91. The largest absolute Gasteiger partial charge is 0.394 e. The van der Waals surface area contributed by atoms with Gasteiger partial charge in [0.05, 0.1) is 25.2 Å². The van der Waals surface area contributed by atoms with Gasteiger partial charge in [0.1, 0.15) is 11.9 Å². The molecule has 0 saturated heterocycles. The van der Waals surface area contributed by atoms with Gasteiger partial charge in [0, 0.05) is 17.1 Å². The molecule has 9 heteroatoms. The van der Waals surface area contributed by atoms with E-state index < -0.39 is 30.0 Å². The molecule has 1 aliphatic rings. The Bertz CT molecular complexity index is 828. The minimum atomic E-state index is -0.717. The normalized spacial score (nSPS) is 21.6. The molecule has 0 radical (unpaired) electrons. The van der Waals surface area contributed by atoms with Crippen LogP contribution in [0.4, 0.5) is 9.52 Å². The molecule has 3 N–H and O–H groups in total. The summed E-state index contributed by atoms with van der Waals surface area (Å²) in [6.07, 6.45) is 3.71. The Morgan fingerprint density at radius 1 is 1.33 bits per heavy atom. The summed E-state index contributed by atoms with van der Waals surface area (Å²) >= 11 is 1.31. The number of carbonyl (C=O) groups is 2. The van der Waals surface area contributed by atoms with Crippen molar-refractivity contribution in [3.63, 3.8) is 0 Å². The van der Waals surface area contributed by atoms with E-state index in [1.165, 1.54) is 29.5 Å². The van der Waals surface area contributed by atoms with E-state index in [0.717, 1.165) is 6.07 Å². The Morgan fingerprint density at radius 3 is 2.89 bits per heavy atom. The Labute approximate surface area is 158 Å². The highest BCUT2D eigenvalue weighted by atomic mass is 32.1. The van der Waals surface area contributed by atoms with Gasteiger partial charge >= 0.3 is 0 Å². The maximum Gasteiger partial charge on any atom is 0.251 e. The zero-order valence-electron chi connectivity index (χ0n) is 14.2. The number of nitrogens with zero attached hydrogens (tertiary/aromatic N) is 1. The fraction of sp³-hybridized carbons (Fsp3) is 0.278. The number of hydrogen-bond donors (Lipinski definition) is 3. The molecule has 0 unspecified atom stereocenters. The smallest absolute Gasteiger partial charge is 0.251 e. The van der Waals surface area contributed by atoms with E-state index in [0.29, 0.717) is 5.13 Å². The van der Waals surface area contributed by atoms with Gasteiger partial charge in [0.2, 0.25) is 5.91 Å². The number of halogens is 1. The minimum Gasteiger partial charge on any atom is -0.394 e. The summed E-state index contributed by atoms with van der Waals surface area (Å²) in [6, 6.07) is 4.72. The fourth-order valence-electron chi connectivity index (χ4n) is 2.64. The second-order valence-electron chi connectivity index (χ2n) is 5.88. The number of benzene rings is 1. The van der Waals surface area contributed by atoms with Gasteiger partial charge in [-0.3, -0.25) is 9.59 Å². The van der Waals surface area contributed by atoms with Crippen LogP contribution in [0.1, 0.15) is 16.8 Å². The molecular weight excluding hydrogens is 373 g/mol. The van der Waals surface area contributed by atoms with Crippen molar-refractivity contribution < 1.29 is 23.8 Å². The summed E-state index contributed by atoms with van der Waals surface area (Å²) in [5.74, 6) is -1.26. The SMILES string of the molecule is O=C(C[C@H]1C=C[C@@H](NC(=O)c2cccc(F)c2)[C@@H](CO)O1)Nc1nccs1. The predicted molar refractivity (Wildman–Crippen MR) is 97.9 cm³/mol. The fourth-order valence-corrected chi connectivity index (χ4v) is 3.18. The van der Waals surface area contributed by atoms with Gasteiger partial charge in [0.25, 0.3) is 5.91 Å². The lowest BCUT2D eigenvalue weighted by Crippen LogP contribution is -2.48. The lowest BCUT2D eigenvalue weighted by atomic mass is 10.0. The van der Waals surface area contributed by atoms with Crippen LogP contribution in [0.2, 0.25) is 0 Å². The number of amides is 2. The molecule has 3 rings (SSSR count). The molecule has 1 aromatic carbocycles. The summed E-state index contributed by atoms with van der Waals surface area (Å²) in [7, 11) is 0. The molecule has 0 bridgehead atoms. The number of ether oxygens (including phenoxy) is 1. The van der Waals surface area contributed by atoms with E-state index in [4.69, 9.17) is 4.74 Å². The van der Waals surface area contributed by atoms with Crippen molar-refractivity contribution >= 4 is 28.3 Å². The van der Waals surface area contributed by atoms with Crippen LogP contribution in [0.5, 0.6) is 0 Å². The molecule has 1 aromatic heterocycles. The number of aromatic nitrogens is 1. The van der Waals surface area contributed by atoms with Gasteiger partial charge in [-0.2, -0.15) is 0 Å². The number of aliphatic hydroxyl groups excluding tert-OH is 1. The van der Waals surface area contributed by atoms with Crippen molar-refractivity contribution in [2.24, 2.45) is 0 Å². The highest BCUT2D eigenvalue weighted by Crippen LogP contribution is 2.18. The highest BCUT2D eigenvalue weighted by molar-refractivity contribution is 7.13. The molecule has 2 amide bonds. The maximum absolute atomic E-state index is 13.3. The molecule has 7 nitrogen and oxygen atoms in total. The van der Waals surface area contributed by atoms with Gasteiger partial charge in [-0.15, -0.1) is 11.3 Å². The van der Waals surface area contributed by atoms with Gasteiger partial charge < -0.3 is 20.5 Å². The number of rotatable bonds is 6. The van der Waals surface area contributed by atoms with Crippen molar-refractivity contribution in [3.05, 3.63) is 59.4 Å². The Kier molecular flexibility index (Phi) is 6.28. The molecule has 2 aromatic rings. The van der Waals surface area contributed by atoms with Crippen molar-refractivity contribution in [1.82, 2.24) is 10.3 Å². The van der Waals surface area contributed by atoms with Gasteiger partial charge in [-0.05, 0) is 18.2 Å². The average Bonchev–Trinajstić information content (AvgIpc) is 3.15. The van der Waals surface area contributed by atoms with E-state index >= 15 is 0 Å². The highest BCUT2D eigenvalue weighted by Gasteiger charge is 2.29. The number of thiazole rings is 1. The Hall–Kier alpha value is -2.62. The molecule has 0 saturated carbocycles. The number of hydrogen-bond acceptors (Lipinski definition) is 6. The molecule has 0 fully saturated rings. The molecule has 0 spiro atoms. The zero-order valence-corrected chi connectivity index (χ0v) is 15.0. The van der Waals surface area contributed by atoms with Crippen LogP contribution in [-0.2, 0) is 9.53 Å². The van der Waals surface area contributed by atoms with Crippen molar-refractivity contribution in [1.29, 1.82) is 0 Å². The van der Waals surface area contributed by atoms with Crippen molar-refractivity contribution in [2.75, 3.05) is 11.9 Å². The third-order valence-corrected chi connectivity index (χ3v) is 4.60. The quantitative estimate of drug-likeness (QED) is 0.651. The van der Waals surface area contributed by atoms with Crippen LogP contribution in [0, 0.1) is 5.82 Å². The van der Waals surface area contributed by atoms with Gasteiger partial charge in [-0.25, -0.2) is 9.37 Å². The summed E-state index contributed by atoms with van der Waals surface area (Å²) in [5, 5.41) is 17.2. The summed E-state index contributed by atoms with van der Waals surface area (Å²) in [6.45, 7) is -0.344. The van der Waals surface area contributed by atoms with E-state index in [1.54, 1.807) is 23.7 Å². The Morgan fingerprint density at radius 2 is 2.19 bits per heavy atom. The van der Waals surface area contributed by atoms with E-state index in [-0.39, 0.29) is 24.5 Å². The zero-order chi connectivity index (χ0) is 19.2. The van der Waals surface area contributed by atoms with E-state index in [2.05, 4.69) is 15.6 Å².